The van der Waals surface area contributed by atoms with Gasteiger partial charge in [-0.15, -0.1) is 0 Å². The third kappa shape index (κ3) is 1.35. The van der Waals surface area contributed by atoms with Crippen molar-refractivity contribution in [3.8, 4) is 0 Å². The number of hydrogen-bond acceptors (Lipinski definition) is 3. The number of hydrogen-bond donors (Lipinski definition) is 2. The Morgan fingerprint density at radius 1 is 1.40 bits per heavy atom. The van der Waals surface area contributed by atoms with Gasteiger partial charge >= 0.3 is 0 Å². The first kappa shape index (κ1) is 8.92. The first-order valence-corrected chi connectivity index (χ1v) is 5.42. The summed E-state index contributed by atoms with van der Waals surface area (Å²) in [7, 11) is 0. The van der Waals surface area contributed by atoms with Crippen molar-refractivity contribution in [2.75, 3.05) is 5.43 Å². The average molecular weight is 202 g/mol. The Morgan fingerprint density at radius 3 is 2.93 bits per heavy atom. The minimum absolute atomic E-state index is 0.132. The zero-order valence-electron chi connectivity index (χ0n) is 8.71. The lowest BCUT2D eigenvalue weighted by molar-refractivity contribution is -0.122. The molecule has 1 aromatic carbocycles. The van der Waals surface area contributed by atoms with Crippen molar-refractivity contribution < 1.29 is 4.79 Å². The summed E-state index contributed by atoms with van der Waals surface area (Å²) in [6.07, 6.45) is 2.14. The molecule has 0 spiro atoms. The number of hydrazine groups is 1. The van der Waals surface area contributed by atoms with Crippen molar-refractivity contribution in [1.29, 1.82) is 0 Å². The van der Waals surface area contributed by atoms with Crippen LogP contribution >= 0.6 is 0 Å². The summed E-state index contributed by atoms with van der Waals surface area (Å²) >= 11 is 0. The van der Waals surface area contributed by atoms with E-state index in [9.17, 15) is 4.79 Å². The van der Waals surface area contributed by atoms with Gasteiger partial charge in [0.05, 0.1) is 5.69 Å². The van der Waals surface area contributed by atoms with Crippen molar-refractivity contribution in [3.05, 3.63) is 29.3 Å². The van der Waals surface area contributed by atoms with Gasteiger partial charge in [-0.2, -0.15) is 0 Å². The van der Waals surface area contributed by atoms with Crippen molar-refractivity contribution >= 4 is 11.5 Å². The van der Waals surface area contributed by atoms with Crippen LogP contribution in [0.4, 0.5) is 5.69 Å². The number of fused-ring (bicyclic) bond motifs is 1. The highest BCUT2D eigenvalue weighted by Gasteiger charge is 2.38. The van der Waals surface area contributed by atoms with E-state index in [1.165, 1.54) is 5.56 Å². The topological polar surface area (TPSA) is 41.1 Å². The highest BCUT2D eigenvalue weighted by atomic mass is 16.1. The number of anilines is 1. The molecule has 1 unspecified atom stereocenters. The molecule has 1 aliphatic heterocycles. The van der Waals surface area contributed by atoms with Gasteiger partial charge in [-0.25, -0.2) is 5.43 Å². The zero-order chi connectivity index (χ0) is 10.4. The van der Waals surface area contributed by atoms with Gasteiger partial charge in [-0.3, -0.25) is 4.79 Å². The Bertz CT molecular complexity index is 424. The average Bonchev–Trinajstić information content (AvgIpc) is 2.98. The summed E-state index contributed by atoms with van der Waals surface area (Å²) in [5.41, 5.74) is 9.57. The molecule has 1 aliphatic carbocycles. The van der Waals surface area contributed by atoms with Crippen LogP contribution in [0.15, 0.2) is 18.2 Å². The molecule has 0 aromatic heterocycles. The van der Waals surface area contributed by atoms with Crippen molar-refractivity contribution in [2.24, 2.45) is 5.92 Å². The molecule has 0 saturated heterocycles. The van der Waals surface area contributed by atoms with Crippen LogP contribution in [0, 0.1) is 12.8 Å². The van der Waals surface area contributed by atoms with Gasteiger partial charge in [-0.1, -0.05) is 18.2 Å². The lowest BCUT2D eigenvalue weighted by Crippen LogP contribution is -2.27. The molecule has 1 saturated carbocycles. The van der Waals surface area contributed by atoms with Crippen molar-refractivity contribution in [2.45, 2.75) is 25.8 Å². The molecule has 3 rings (SSSR count). The second kappa shape index (κ2) is 3.07. The van der Waals surface area contributed by atoms with Gasteiger partial charge in [0.25, 0.3) is 0 Å². The van der Waals surface area contributed by atoms with Crippen LogP contribution in [0.3, 0.4) is 0 Å². The summed E-state index contributed by atoms with van der Waals surface area (Å²) in [5, 5.41) is 0. The minimum Gasteiger partial charge on any atom is -0.320 e. The van der Waals surface area contributed by atoms with E-state index in [1.807, 2.05) is 12.1 Å². The molecule has 2 aliphatic rings. The van der Waals surface area contributed by atoms with E-state index in [2.05, 4.69) is 23.8 Å². The quantitative estimate of drug-likeness (QED) is 0.770. The third-order valence-electron chi connectivity index (χ3n) is 3.22. The first-order valence-electron chi connectivity index (χ1n) is 5.42. The lowest BCUT2D eigenvalue weighted by Gasteiger charge is -2.08. The molecule has 3 heteroatoms. The van der Waals surface area contributed by atoms with Crippen LogP contribution in [-0.2, 0) is 4.79 Å². The molecule has 3 nitrogen and oxygen atoms in total. The monoisotopic (exact) mass is 202 g/mol. The van der Waals surface area contributed by atoms with Crippen molar-refractivity contribution in [1.82, 2.24) is 5.43 Å². The largest absolute Gasteiger partial charge is 0.320 e. The maximum absolute atomic E-state index is 12.0. The number of para-hydroxylation sites is 1. The smallest absolute Gasteiger partial charge is 0.159 e. The molecule has 2 N–H and O–H groups in total. The van der Waals surface area contributed by atoms with Gasteiger partial charge in [0.2, 0.25) is 0 Å². The fourth-order valence-electron chi connectivity index (χ4n) is 2.15. The predicted octanol–water partition coefficient (Wildman–Crippen LogP) is 1.95. The van der Waals surface area contributed by atoms with Crippen LogP contribution in [0.1, 0.15) is 30.0 Å². The van der Waals surface area contributed by atoms with Crippen molar-refractivity contribution in [3.63, 3.8) is 0 Å². The summed E-state index contributed by atoms with van der Waals surface area (Å²) in [6.45, 7) is 2.05. The maximum Gasteiger partial charge on any atom is 0.159 e. The van der Waals surface area contributed by atoms with Crippen LogP contribution in [-0.4, -0.2) is 5.78 Å². The summed E-state index contributed by atoms with van der Waals surface area (Å²) < 4.78 is 0. The number of Topliss-reactive ketones (excluding diaryl/α,β-unsaturated/α-hetero) is 1. The number of benzene rings is 1. The molecule has 1 atom stereocenters. The van der Waals surface area contributed by atoms with Gasteiger partial charge < -0.3 is 5.43 Å². The van der Waals surface area contributed by atoms with Crippen LogP contribution in [0.2, 0.25) is 0 Å². The summed E-state index contributed by atoms with van der Waals surface area (Å²) in [4.78, 5) is 12.0. The Kier molecular flexibility index (Phi) is 1.83. The third-order valence-corrected chi connectivity index (χ3v) is 3.22. The Labute approximate surface area is 88.8 Å². The van der Waals surface area contributed by atoms with Gasteiger partial charge in [0, 0.05) is 11.5 Å². The molecule has 15 heavy (non-hydrogen) atoms. The minimum atomic E-state index is -0.132. The summed E-state index contributed by atoms with van der Waals surface area (Å²) in [6, 6.07) is 5.96. The van der Waals surface area contributed by atoms with E-state index < -0.39 is 0 Å². The van der Waals surface area contributed by atoms with E-state index in [0.717, 1.165) is 24.1 Å². The number of carbonyl (C=O) groups excluding carboxylic acids is 1. The number of aryl methyl sites for hydroxylation is 1. The Morgan fingerprint density at radius 2 is 2.20 bits per heavy atom. The number of nitrogens with one attached hydrogen (secondary N) is 2. The number of ketones is 1. The standard InChI is InChI=1S/C12H14N2O/c1-7-3-2-4-9-10(7)13-14-11(9)12(15)8-5-6-8/h2-4,8,11,13-14H,5-6H2,1H3. The fraction of sp³-hybridized carbons (Fsp3) is 0.417. The van der Waals surface area contributed by atoms with E-state index >= 15 is 0 Å². The Balaban J connectivity index is 1.97. The Hall–Kier alpha value is -1.35. The van der Waals surface area contributed by atoms with E-state index in [1.54, 1.807) is 0 Å². The van der Waals surface area contributed by atoms with E-state index in [-0.39, 0.29) is 6.04 Å². The van der Waals surface area contributed by atoms with Gasteiger partial charge in [0.1, 0.15) is 6.04 Å². The molecule has 78 valence electrons. The number of rotatable bonds is 2. The maximum atomic E-state index is 12.0. The second-order valence-electron chi connectivity index (χ2n) is 4.42. The predicted molar refractivity (Wildman–Crippen MR) is 58.4 cm³/mol. The zero-order valence-corrected chi connectivity index (χ0v) is 8.71. The molecule has 1 aromatic rings. The normalized spacial score (nSPS) is 23.4. The molecule has 0 bridgehead atoms. The molecular weight excluding hydrogens is 188 g/mol. The van der Waals surface area contributed by atoms with Gasteiger partial charge in [-0.05, 0) is 25.3 Å². The van der Waals surface area contributed by atoms with Gasteiger partial charge in [0.15, 0.2) is 5.78 Å². The SMILES string of the molecule is Cc1cccc2c1NNC2C(=O)C1CC1. The highest BCUT2D eigenvalue weighted by Crippen LogP contribution is 2.39. The first-order chi connectivity index (χ1) is 7.27. The molecule has 0 radical (unpaired) electrons. The second-order valence-corrected chi connectivity index (χ2v) is 4.42. The molecular formula is C12H14N2O. The highest BCUT2D eigenvalue weighted by molar-refractivity contribution is 5.92. The molecule has 0 amide bonds. The van der Waals surface area contributed by atoms with Crippen LogP contribution in [0.5, 0.6) is 0 Å². The lowest BCUT2D eigenvalue weighted by atomic mass is 9.98. The molecule has 1 heterocycles. The molecule has 1 fully saturated rings. The van der Waals surface area contributed by atoms with E-state index in [0.29, 0.717) is 11.7 Å². The number of carbonyl (C=O) groups is 1. The van der Waals surface area contributed by atoms with E-state index in [4.69, 9.17) is 0 Å². The van der Waals surface area contributed by atoms with Crippen LogP contribution < -0.4 is 10.9 Å². The fourth-order valence-corrected chi connectivity index (χ4v) is 2.15. The van der Waals surface area contributed by atoms with Crippen LogP contribution in [0.25, 0.3) is 0 Å². The summed E-state index contributed by atoms with van der Waals surface area (Å²) in [5.74, 6) is 0.641.